The van der Waals surface area contributed by atoms with Gasteiger partial charge in [0, 0.05) is 32.3 Å². The van der Waals surface area contributed by atoms with Crippen LogP contribution >= 0.6 is 7.82 Å². The van der Waals surface area contributed by atoms with Gasteiger partial charge in [0.1, 0.15) is 17.2 Å². The molecule has 0 N–H and O–H groups in total. The Morgan fingerprint density at radius 2 is 0.491 bits per heavy atom. The molecule has 0 atom stereocenters. The third kappa shape index (κ3) is 4.16. The summed E-state index contributed by atoms with van der Waals surface area (Å²) in [7, 11) is -4.46. The van der Waals surface area contributed by atoms with Crippen molar-refractivity contribution in [3.8, 4) is 17.2 Å². The molecule has 4 nitrogen and oxygen atoms in total. The lowest BCUT2D eigenvalue weighted by Crippen LogP contribution is -2.08. The number of phosphoric acid groups is 1. The summed E-state index contributed by atoms with van der Waals surface area (Å²) in [5.41, 5.74) is 0. The molecule has 53 heavy (non-hydrogen) atoms. The van der Waals surface area contributed by atoms with Gasteiger partial charge in [0.15, 0.2) is 0 Å². The zero-order chi connectivity index (χ0) is 34.8. The van der Waals surface area contributed by atoms with Gasteiger partial charge in [-0.05, 0) is 101 Å². The predicted molar refractivity (Wildman–Crippen MR) is 220 cm³/mol. The lowest BCUT2D eigenvalue weighted by atomic mass is 9.94. The van der Waals surface area contributed by atoms with E-state index in [2.05, 4.69) is 109 Å². The summed E-state index contributed by atoms with van der Waals surface area (Å²) >= 11 is 0. The smallest absolute Gasteiger partial charge is 0.385 e. The fourth-order valence-electron chi connectivity index (χ4n) is 8.78. The van der Waals surface area contributed by atoms with Gasteiger partial charge in [-0.15, -0.1) is 0 Å². The largest absolute Gasteiger partial charge is 0.647 e. The van der Waals surface area contributed by atoms with Gasteiger partial charge in [0.2, 0.25) is 0 Å². The molecule has 0 fully saturated rings. The highest BCUT2D eigenvalue weighted by Crippen LogP contribution is 2.55. The van der Waals surface area contributed by atoms with Crippen molar-refractivity contribution in [3.05, 3.63) is 164 Å². The molecule has 12 rings (SSSR count). The molecule has 0 amide bonds. The molecule has 0 aliphatic heterocycles. The first-order valence-corrected chi connectivity index (χ1v) is 19.2. The van der Waals surface area contributed by atoms with Crippen LogP contribution in [0.4, 0.5) is 0 Å². The van der Waals surface area contributed by atoms with E-state index >= 15 is 4.57 Å². The van der Waals surface area contributed by atoms with Crippen molar-refractivity contribution in [2.24, 2.45) is 0 Å². The van der Waals surface area contributed by atoms with E-state index in [1.165, 1.54) is 0 Å². The first-order chi connectivity index (χ1) is 26.1. The van der Waals surface area contributed by atoms with E-state index in [1.54, 1.807) is 0 Å². The fraction of sp³-hybridized carbons (Fsp3) is 0. The zero-order valence-corrected chi connectivity index (χ0v) is 29.1. The number of hydrogen-bond acceptors (Lipinski definition) is 4. The van der Waals surface area contributed by atoms with Crippen LogP contribution in [0.1, 0.15) is 0 Å². The zero-order valence-electron chi connectivity index (χ0n) is 28.2. The monoisotopic (exact) mass is 698 g/mol. The van der Waals surface area contributed by atoms with Crippen molar-refractivity contribution < 1.29 is 18.1 Å². The van der Waals surface area contributed by atoms with Crippen LogP contribution in [0.25, 0.3) is 97.0 Å². The van der Waals surface area contributed by atoms with Crippen molar-refractivity contribution in [2.75, 3.05) is 0 Å². The highest BCUT2D eigenvalue weighted by molar-refractivity contribution is 7.49. The minimum Gasteiger partial charge on any atom is -0.385 e. The maximum atomic E-state index is 15.6. The van der Waals surface area contributed by atoms with E-state index in [-0.39, 0.29) is 0 Å². The summed E-state index contributed by atoms with van der Waals surface area (Å²) in [5, 5.41) is 19.1. The van der Waals surface area contributed by atoms with E-state index in [1.807, 2.05) is 54.6 Å². The van der Waals surface area contributed by atoms with Gasteiger partial charge >= 0.3 is 7.82 Å². The van der Waals surface area contributed by atoms with E-state index in [0.717, 1.165) is 97.0 Å². The Kier molecular flexibility index (Phi) is 5.74. The van der Waals surface area contributed by atoms with Gasteiger partial charge in [-0.3, -0.25) is 0 Å². The van der Waals surface area contributed by atoms with Crippen LogP contribution in [0, 0.1) is 0 Å². The molecule has 0 radical (unpaired) electrons. The summed E-state index contributed by atoms with van der Waals surface area (Å²) in [5.74, 6) is 1.28. The molecule has 5 heteroatoms. The second-order valence-corrected chi connectivity index (χ2v) is 15.4. The number of rotatable bonds is 6. The molecule has 0 aromatic heterocycles. The van der Waals surface area contributed by atoms with Crippen molar-refractivity contribution in [2.45, 2.75) is 0 Å². The maximum Gasteiger partial charge on any atom is 0.647 e. The Hall–Kier alpha value is -6.61. The van der Waals surface area contributed by atoms with Crippen LogP contribution in [0.3, 0.4) is 0 Å². The summed E-state index contributed by atoms with van der Waals surface area (Å²) in [6.07, 6.45) is 0. The van der Waals surface area contributed by atoms with Gasteiger partial charge in [0.05, 0.1) is 0 Å². The topological polar surface area (TPSA) is 44.8 Å². The van der Waals surface area contributed by atoms with Gasteiger partial charge in [-0.25, -0.2) is 0 Å². The van der Waals surface area contributed by atoms with Crippen LogP contribution in [0.2, 0.25) is 0 Å². The van der Waals surface area contributed by atoms with E-state index < -0.39 is 7.82 Å². The fourth-order valence-corrected chi connectivity index (χ4v) is 10.1. The molecule has 12 aromatic carbocycles. The standard InChI is InChI=1S/C48H27O4P/c49-53(50-40-25-19-34-13-10-28-4-1-7-31-16-22-37(40)46(34)43(28)31,51-41-26-20-35-14-11-29-5-2-8-32-17-23-38(41)47(35)44(29)32)52-42-27-21-36-15-12-30-6-3-9-33-18-24-39(42)48(36)45(30)33/h1-27H. The highest BCUT2D eigenvalue weighted by Gasteiger charge is 2.36. The van der Waals surface area contributed by atoms with Crippen LogP contribution < -0.4 is 13.6 Å². The first kappa shape index (κ1) is 29.0. The second kappa shape index (κ2) is 10.5. The predicted octanol–water partition coefficient (Wildman–Crippen LogP) is 14.0. The summed E-state index contributed by atoms with van der Waals surface area (Å²) in [6, 6.07) is 55.8. The Morgan fingerprint density at radius 1 is 0.264 bits per heavy atom. The Morgan fingerprint density at radius 3 is 0.774 bits per heavy atom. The quantitative estimate of drug-likeness (QED) is 0.128. The number of phosphoric ester groups is 1. The molecule has 12 aromatic rings. The van der Waals surface area contributed by atoms with Crippen LogP contribution in [-0.4, -0.2) is 0 Å². The van der Waals surface area contributed by atoms with Gasteiger partial charge in [-0.2, -0.15) is 4.57 Å². The summed E-state index contributed by atoms with van der Waals surface area (Å²) in [6.45, 7) is 0. The number of benzene rings is 12. The average Bonchev–Trinajstić information content (AvgIpc) is 3.20. The average molecular weight is 699 g/mol. The maximum absolute atomic E-state index is 15.6. The van der Waals surface area contributed by atoms with Gasteiger partial charge in [0.25, 0.3) is 0 Å². The van der Waals surface area contributed by atoms with E-state index in [9.17, 15) is 0 Å². The first-order valence-electron chi connectivity index (χ1n) is 17.8. The molecular weight excluding hydrogens is 671 g/mol. The third-order valence-electron chi connectivity index (χ3n) is 11.1. The van der Waals surface area contributed by atoms with Crippen molar-refractivity contribution in [1.29, 1.82) is 0 Å². The third-order valence-corrected chi connectivity index (χ3v) is 12.4. The van der Waals surface area contributed by atoms with E-state index in [4.69, 9.17) is 13.6 Å². The molecule has 0 unspecified atom stereocenters. The minimum absolute atomic E-state index is 0.425. The Labute approximate surface area is 303 Å². The molecule has 0 spiro atoms. The summed E-state index contributed by atoms with van der Waals surface area (Å²) in [4.78, 5) is 0. The molecular formula is C48H27O4P. The Balaban J connectivity index is 1.07. The normalized spacial score (nSPS) is 12.6. The lowest BCUT2D eigenvalue weighted by Gasteiger charge is -2.23. The van der Waals surface area contributed by atoms with Gasteiger partial charge in [-0.1, -0.05) is 127 Å². The van der Waals surface area contributed by atoms with Crippen molar-refractivity contribution in [1.82, 2.24) is 0 Å². The van der Waals surface area contributed by atoms with E-state index in [0.29, 0.717) is 17.2 Å². The number of hydrogen-bond donors (Lipinski definition) is 0. The molecule has 0 aliphatic carbocycles. The molecule has 0 bridgehead atoms. The SMILES string of the molecule is O=P(Oc1ccc2ccc3cccc4ccc1c2c34)(Oc1ccc2ccc3cccc4ccc1c2c34)Oc1ccc2ccc3cccc4ccc1c2c34. The molecule has 0 heterocycles. The molecule has 0 aliphatic rings. The summed E-state index contributed by atoms with van der Waals surface area (Å²) < 4.78 is 35.6. The molecule has 248 valence electrons. The van der Waals surface area contributed by atoms with Crippen LogP contribution in [0.15, 0.2) is 164 Å². The molecule has 0 saturated heterocycles. The van der Waals surface area contributed by atoms with Crippen LogP contribution in [0.5, 0.6) is 17.2 Å². The second-order valence-electron chi connectivity index (χ2n) is 14.0. The van der Waals surface area contributed by atoms with Crippen molar-refractivity contribution >= 4 is 105 Å². The Bertz CT molecular complexity index is 3060. The lowest BCUT2D eigenvalue weighted by molar-refractivity contribution is 0.302. The minimum atomic E-state index is -4.46. The van der Waals surface area contributed by atoms with Gasteiger partial charge < -0.3 is 13.6 Å². The van der Waals surface area contributed by atoms with Crippen molar-refractivity contribution in [3.63, 3.8) is 0 Å². The molecule has 0 saturated carbocycles. The van der Waals surface area contributed by atoms with Crippen LogP contribution in [-0.2, 0) is 4.57 Å². The highest BCUT2D eigenvalue weighted by atomic mass is 31.2.